The number of unbranched alkanes of at least 4 members (excludes halogenated alkanes) is 3. The molecule has 3 rings (SSSR count). The van der Waals surface area contributed by atoms with E-state index in [1.807, 2.05) is 0 Å². The van der Waals surface area contributed by atoms with Crippen molar-refractivity contribution in [3.05, 3.63) is 59.2 Å². The fourth-order valence-electron chi connectivity index (χ4n) is 4.12. The summed E-state index contributed by atoms with van der Waals surface area (Å²) >= 11 is 0. The molecule has 1 heteroatoms. The minimum atomic E-state index is -0.668. The van der Waals surface area contributed by atoms with Crippen molar-refractivity contribution >= 4 is 0 Å². The van der Waals surface area contributed by atoms with Gasteiger partial charge in [-0.05, 0) is 47.1 Å². The first kappa shape index (κ1) is 17.2. The predicted octanol–water partition coefficient (Wildman–Crippen LogP) is 6.22. The molecule has 2 aromatic carbocycles. The van der Waals surface area contributed by atoms with Crippen LogP contribution in [0.4, 0.5) is 0 Å². The Morgan fingerprint density at radius 2 is 1.54 bits per heavy atom. The third-order valence-corrected chi connectivity index (χ3v) is 5.49. The van der Waals surface area contributed by atoms with Gasteiger partial charge in [0.15, 0.2) is 0 Å². The molecule has 0 bridgehead atoms. The average molecular weight is 322 g/mol. The van der Waals surface area contributed by atoms with E-state index < -0.39 is 5.60 Å². The van der Waals surface area contributed by atoms with Gasteiger partial charge in [-0.2, -0.15) is 0 Å². The van der Waals surface area contributed by atoms with Crippen LogP contribution in [0, 0.1) is 0 Å². The van der Waals surface area contributed by atoms with E-state index in [-0.39, 0.29) is 0 Å². The van der Waals surface area contributed by atoms with Crippen molar-refractivity contribution in [2.24, 2.45) is 0 Å². The monoisotopic (exact) mass is 322 g/mol. The van der Waals surface area contributed by atoms with Crippen molar-refractivity contribution in [1.29, 1.82) is 0 Å². The third-order valence-electron chi connectivity index (χ3n) is 5.49. The highest BCUT2D eigenvalue weighted by atomic mass is 16.3. The highest BCUT2D eigenvalue weighted by Gasteiger charge is 2.33. The van der Waals surface area contributed by atoms with Crippen molar-refractivity contribution in [3.8, 4) is 11.1 Å². The van der Waals surface area contributed by atoms with Crippen molar-refractivity contribution in [3.63, 3.8) is 0 Å². The molecule has 1 atom stereocenters. The quantitative estimate of drug-likeness (QED) is 0.488. The van der Waals surface area contributed by atoms with Gasteiger partial charge < -0.3 is 5.11 Å². The minimum absolute atomic E-state index is 0.668. The molecule has 0 aliphatic heterocycles. The summed E-state index contributed by atoms with van der Waals surface area (Å²) < 4.78 is 0. The standard InChI is InChI=1S/C23H30O/c1-3-5-9-16-23(24,15-6-4-2)22-14-10-13-20-19-12-8-7-11-18(19)17-21(20)22/h7-8,10-14,24H,3-6,9,15-17H2,1-2H3. The lowest BCUT2D eigenvalue weighted by Gasteiger charge is -2.31. The molecular weight excluding hydrogens is 292 g/mol. The number of hydrogen-bond donors (Lipinski definition) is 1. The van der Waals surface area contributed by atoms with Gasteiger partial charge in [-0.15, -0.1) is 0 Å². The van der Waals surface area contributed by atoms with Crippen LogP contribution in [0.25, 0.3) is 11.1 Å². The molecule has 1 N–H and O–H groups in total. The van der Waals surface area contributed by atoms with Crippen LogP contribution in [0.3, 0.4) is 0 Å². The normalized spacial score (nSPS) is 15.0. The Labute approximate surface area is 146 Å². The largest absolute Gasteiger partial charge is 0.385 e. The SMILES string of the molecule is CCCCCC(O)(CCCC)c1cccc2c1Cc1ccccc1-2. The van der Waals surface area contributed by atoms with Crippen molar-refractivity contribution in [1.82, 2.24) is 0 Å². The zero-order valence-electron chi connectivity index (χ0n) is 15.1. The Kier molecular flexibility index (Phi) is 5.40. The summed E-state index contributed by atoms with van der Waals surface area (Å²) in [7, 11) is 0. The number of rotatable bonds is 8. The molecule has 0 aromatic heterocycles. The zero-order valence-corrected chi connectivity index (χ0v) is 15.1. The molecule has 0 saturated carbocycles. The maximum atomic E-state index is 11.6. The van der Waals surface area contributed by atoms with Crippen LogP contribution >= 0.6 is 0 Å². The zero-order chi connectivity index (χ0) is 17.0. The van der Waals surface area contributed by atoms with Gasteiger partial charge in [0.2, 0.25) is 0 Å². The number of fused-ring (bicyclic) bond motifs is 3. The van der Waals surface area contributed by atoms with Gasteiger partial charge in [-0.25, -0.2) is 0 Å². The summed E-state index contributed by atoms with van der Waals surface area (Å²) in [5.74, 6) is 0. The first-order valence-corrected chi connectivity index (χ1v) is 9.62. The molecule has 0 amide bonds. The second kappa shape index (κ2) is 7.53. The molecule has 2 aromatic rings. The number of hydrogen-bond acceptors (Lipinski definition) is 1. The van der Waals surface area contributed by atoms with Gasteiger partial charge in [-0.3, -0.25) is 0 Å². The fourth-order valence-corrected chi connectivity index (χ4v) is 4.12. The summed E-state index contributed by atoms with van der Waals surface area (Å²) in [6.45, 7) is 4.43. The second-order valence-electron chi connectivity index (χ2n) is 7.26. The van der Waals surface area contributed by atoms with Crippen LogP contribution in [-0.4, -0.2) is 5.11 Å². The molecule has 0 spiro atoms. The van der Waals surface area contributed by atoms with E-state index in [9.17, 15) is 5.11 Å². The molecule has 1 unspecified atom stereocenters. The molecule has 1 nitrogen and oxygen atoms in total. The van der Waals surface area contributed by atoms with Gasteiger partial charge in [0.05, 0.1) is 5.60 Å². The number of aliphatic hydroxyl groups is 1. The van der Waals surface area contributed by atoms with Crippen LogP contribution in [0.5, 0.6) is 0 Å². The fraction of sp³-hybridized carbons (Fsp3) is 0.478. The molecule has 0 radical (unpaired) electrons. The van der Waals surface area contributed by atoms with E-state index >= 15 is 0 Å². The maximum Gasteiger partial charge on any atom is 0.0899 e. The summed E-state index contributed by atoms with van der Waals surface area (Å²) in [6, 6.07) is 15.2. The summed E-state index contributed by atoms with van der Waals surface area (Å²) in [5, 5.41) is 11.6. The van der Waals surface area contributed by atoms with E-state index in [2.05, 4.69) is 56.3 Å². The second-order valence-corrected chi connectivity index (χ2v) is 7.26. The van der Waals surface area contributed by atoms with E-state index in [1.165, 1.54) is 40.7 Å². The van der Waals surface area contributed by atoms with Crippen molar-refractivity contribution < 1.29 is 5.11 Å². The Morgan fingerprint density at radius 3 is 2.33 bits per heavy atom. The van der Waals surface area contributed by atoms with Gasteiger partial charge in [-0.1, -0.05) is 88.4 Å². The Hall–Kier alpha value is -1.60. The van der Waals surface area contributed by atoms with E-state index in [4.69, 9.17) is 0 Å². The van der Waals surface area contributed by atoms with Crippen LogP contribution in [0.1, 0.15) is 75.5 Å². The third kappa shape index (κ3) is 3.28. The molecular formula is C23H30O. The van der Waals surface area contributed by atoms with Gasteiger partial charge in [0.25, 0.3) is 0 Å². The smallest absolute Gasteiger partial charge is 0.0899 e. The average Bonchev–Trinajstić information content (AvgIpc) is 2.99. The van der Waals surface area contributed by atoms with Crippen LogP contribution in [0.15, 0.2) is 42.5 Å². The Balaban J connectivity index is 1.97. The summed E-state index contributed by atoms with van der Waals surface area (Å²) in [6.07, 6.45) is 8.43. The lowest BCUT2D eigenvalue weighted by molar-refractivity contribution is 0.0132. The molecule has 128 valence electrons. The molecule has 0 heterocycles. The van der Waals surface area contributed by atoms with Gasteiger partial charge in [0.1, 0.15) is 0 Å². The van der Waals surface area contributed by atoms with Gasteiger partial charge in [0, 0.05) is 0 Å². The van der Waals surface area contributed by atoms with E-state index in [0.717, 1.165) is 38.5 Å². The van der Waals surface area contributed by atoms with Crippen LogP contribution < -0.4 is 0 Å². The molecule has 1 aliphatic rings. The number of benzene rings is 2. The highest BCUT2D eigenvalue weighted by molar-refractivity contribution is 5.78. The first-order valence-electron chi connectivity index (χ1n) is 9.62. The van der Waals surface area contributed by atoms with Crippen LogP contribution in [0.2, 0.25) is 0 Å². The highest BCUT2D eigenvalue weighted by Crippen LogP contribution is 2.43. The predicted molar refractivity (Wildman–Crippen MR) is 102 cm³/mol. The van der Waals surface area contributed by atoms with Crippen molar-refractivity contribution in [2.75, 3.05) is 0 Å². The lowest BCUT2D eigenvalue weighted by atomic mass is 9.80. The Bertz CT molecular complexity index is 688. The van der Waals surface area contributed by atoms with Crippen LogP contribution in [-0.2, 0) is 12.0 Å². The topological polar surface area (TPSA) is 20.2 Å². The molecule has 1 aliphatic carbocycles. The van der Waals surface area contributed by atoms with E-state index in [1.54, 1.807) is 0 Å². The summed E-state index contributed by atoms with van der Waals surface area (Å²) in [5.41, 5.74) is 5.94. The van der Waals surface area contributed by atoms with Crippen molar-refractivity contribution in [2.45, 2.75) is 70.8 Å². The minimum Gasteiger partial charge on any atom is -0.385 e. The summed E-state index contributed by atoms with van der Waals surface area (Å²) in [4.78, 5) is 0. The maximum absolute atomic E-state index is 11.6. The molecule has 0 saturated heterocycles. The Morgan fingerprint density at radius 1 is 0.833 bits per heavy atom. The van der Waals surface area contributed by atoms with E-state index in [0.29, 0.717) is 0 Å². The lowest BCUT2D eigenvalue weighted by Crippen LogP contribution is -2.27. The van der Waals surface area contributed by atoms with Gasteiger partial charge >= 0.3 is 0 Å². The first-order chi connectivity index (χ1) is 11.7. The molecule has 24 heavy (non-hydrogen) atoms. The molecule has 0 fully saturated rings.